The van der Waals surface area contributed by atoms with E-state index in [0.717, 1.165) is 6.42 Å². The first kappa shape index (κ1) is 12.3. The van der Waals surface area contributed by atoms with Crippen molar-refractivity contribution >= 4 is 38.6 Å². The van der Waals surface area contributed by atoms with Crippen LogP contribution >= 0.6 is 38.6 Å². The number of hydrogen-bond acceptors (Lipinski definition) is 3. The molecule has 1 N–H and O–H groups in total. The maximum absolute atomic E-state index is 3.52. The van der Waals surface area contributed by atoms with E-state index in [1.54, 1.807) is 11.3 Å². The minimum atomic E-state index is 0.327. The molecular weight excluding hydrogens is 302 g/mol. The zero-order chi connectivity index (χ0) is 11.5. The van der Waals surface area contributed by atoms with Crippen LogP contribution in [0.2, 0.25) is 0 Å². The first-order valence-corrected chi connectivity index (χ1v) is 7.73. The van der Waals surface area contributed by atoms with E-state index in [1.807, 2.05) is 18.4 Å². The summed E-state index contributed by atoms with van der Waals surface area (Å²) in [5.74, 6) is 0. The van der Waals surface area contributed by atoms with Crippen molar-refractivity contribution < 1.29 is 0 Å². The highest BCUT2D eigenvalue weighted by Gasteiger charge is 2.15. The van der Waals surface area contributed by atoms with Gasteiger partial charge in [-0.05, 0) is 58.5 Å². The molecule has 0 radical (unpaired) electrons. The lowest BCUT2D eigenvalue weighted by molar-refractivity contribution is 0.706. The molecule has 4 heteroatoms. The largest absolute Gasteiger partial charge is 0.309 e. The van der Waals surface area contributed by atoms with Crippen molar-refractivity contribution in [3.63, 3.8) is 0 Å². The van der Waals surface area contributed by atoms with Crippen molar-refractivity contribution in [3.05, 3.63) is 42.7 Å². The number of aryl methyl sites for hydroxylation is 1. The molecule has 2 aromatic rings. The summed E-state index contributed by atoms with van der Waals surface area (Å²) in [5, 5.41) is 5.59. The Balaban J connectivity index is 2.28. The van der Waals surface area contributed by atoms with Crippen molar-refractivity contribution in [1.29, 1.82) is 0 Å². The van der Waals surface area contributed by atoms with Gasteiger partial charge in [0.25, 0.3) is 0 Å². The Hall–Kier alpha value is -0.160. The Morgan fingerprint density at radius 3 is 2.75 bits per heavy atom. The second kappa shape index (κ2) is 5.45. The molecule has 0 aromatic carbocycles. The Kier molecular flexibility index (Phi) is 4.19. The van der Waals surface area contributed by atoms with Gasteiger partial charge in [-0.3, -0.25) is 0 Å². The van der Waals surface area contributed by atoms with Gasteiger partial charge in [0, 0.05) is 9.75 Å². The predicted molar refractivity (Wildman–Crippen MR) is 76.6 cm³/mol. The molecule has 0 bridgehead atoms. The summed E-state index contributed by atoms with van der Waals surface area (Å²) in [5.41, 5.74) is 1.34. The quantitative estimate of drug-likeness (QED) is 0.879. The van der Waals surface area contributed by atoms with Gasteiger partial charge in [0.1, 0.15) is 0 Å². The molecule has 0 amide bonds. The van der Waals surface area contributed by atoms with Gasteiger partial charge in [-0.15, -0.1) is 22.7 Å². The normalized spacial score (nSPS) is 12.9. The summed E-state index contributed by atoms with van der Waals surface area (Å²) in [7, 11) is 2.02. The fraction of sp³-hybridized carbons (Fsp3) is 0.333. The molecule has 2 aromatic heterocycles. The summed E-state index contributed by atoms with van der Waals surface area (Å²) in [6.45, 7) is 2.20. The molecule has 1 nitrogen and oxygen atoms in total. The Morgan fingerprint density at radius 2 is 2.25 bits per heavy atom. The van der Waals surface area contributed by atoms with Gasteiger partial charge in [-0.2, -0.15) is 0 Å². The number of hydrogen-bond donors (Lipinski definition) is 1. The van der Waals surface area contributed by atoms with Crippen LogP contribution in [-0.2, 0) is 6.42 Å². The van der Waals surface area contributed by atoms with Crippen molar-refractivity contribution in [3.8, 4) is 0 Å². The zero-order valence-corrected chi connectivity index (χ0v) is 12.5. The van der Waals surface area contributed by atoms with Crippen LogP contribution in [0.4, 0.5) is 0 Å². The van der Waals surface area contributed by atoms with E-state index >= 15 is 0 Å². The topological polar surface area (TPSA) is 12.0 Å². The predicted octanol–water partition coefficient (Wildman–Crippen LogP) is 4.44. The SMILES string of the molecule is CCc1ccc(C(NC)c2csc(Br)c2)s1. The van der Waals surface area contributed by atoms with E-state index in [0.29, 0.717) is 6.04 Å². The van der Waals surface area contributed by atoms with Gasteiger partial charge in [0.05, 0.1) is 9.83 Å². The first-order valence-electron chi connectivity index (χ1n) is 5.24. The smallest absolute Gasteiger partial charge is 0.0701 e. The van der Waals surface area contributed by atoms with Crippen LogP contribution in [0.15, 0.2) is 27.4 Å². The summed E-state index contributed by atoms with van der Waals surface area (Å²) >= 11 is 7.15. The molecule has 0 saturated heterocycles. The highest BCUT2D eigenvalue weighted by atomic mass is 79.9. The lowest BCUT2D eigenvalue weighted by atomic mass is 10.1. The maximum atomic E-state index is 3.52. The molecule has 0 spiro atoms. The molecule has 0 aliphatic rings. The van der Waals surface area contributed by atoms with Crippen molar-refractivity contribution in [2.24, 2.45) is 0 Å². The van der Waals surface area contributed by atoms with E-state index in [2.05, 4.69) is 51.7 Å². The fourth-order valence-corrected chi connectivity index (χ4v) is 3.98. The second-order valence-corrected chi connectivity index (χ2v) is 7.05. The molecule has 2 heterocycles. The standard InChI is InChI=1S/C12H14BrNS2/c1-3-9-4-5-10(16-9)12(14-2)8-6-11(13)15-7-8/h4-7,12,14H,3H2,1-2H3. The van der Waals surface area contributed by atoms with Gasteiger partial charge in [-0.1, -0.05) is 6.92 Å². The minimum Gasteiger partial charge on any atom is -0.309 e. The third kappa shape index (κ3) is 2.56. The Bertz CT molecular complexity index is 461. The number of halogens is 1. The van der Waals surface area contributed by atoms with Gasteiger partial charge < -0.3 is 5.32 Å². The molecule has 16 heavy (non-hydrogen) atoms. The van der Waals surface area contributed by atoms with Gasteiger partial charge in [0.2, 0.25) is 0 Å². The third-order valence-corrected chi connectivity index (χ3v) is 5.34. The third-order valence-electron chi connectivity index (χ3n) is 2.53. The summed E-state index contributed by atoms with van der Waals surface area (Å²) in [4.78, 5) is 2.84. The molecule has 86 valence electrons. The average molecular weight is 316 g/mol. The molecule has 1 atom stereocenters. The lowest BCUT2D eigenvalue weighted by Crippen LogP contribution is -2.15. The van der Waals surface area contributed by atoms with Crippen LogP contribution in [0, 0.1) is 0 Å². The van der Waals surface area contributed by atoms with Gasteiger partial charge in [0.15, 0.2) is 0 Å². The van der Waals surface area contributed by atoms with E-state index in [1.165, 1.54) is 19.1 Å². The van der Waals surface area contributed by atoms with Crippen molar-refractivity contribution in [2.75, 3.05) is 7.05 Å². The molecule has 0 aliphatic carbocycles. The number of nitrogens with one attached hydrogen (secondary N) is 1. The monoisotopic (exact) mass is 315 g/mol. The average Bonchev–Trinajstić information content (AvgIpc) is 2.89. The van der Waals surface area contributed by atoms with E-state index in [4.69, 9.17) is 0 Å². The van der Waals surface area contributed by atoms with Crippen LogP contribution < -0.4 is 5.32 Å². The van der Waals surface area contributed by atoms with E-state index in [-0.39, 0.29) is 0 Å². The first-order chi connectivity index (χ1) is 7.74. The lowest BCUT2D eigenvalue weighted by Gasteiger charge is -2.12. The minimum absolute atomic E-state index is 0.327. The molecule has 1 unspecified atom stereocenters. The summed E-state index contributed by atoms with van der Waals surface area (Å²) < 4.78 is 1.19. The van der Waals surface area contributed by atoms with E-state index < -0.39 is 0 Å². The Morgan fingerprint density at radius 1 is 1.44 bits per heavy atom. The van der Waals surface area contributed by atoms with Crippen molar-refractivity contribution in [1.82, 2.24) is 5.32 Å². The molecule has 0 aliphatic heterocycles. The number of thiophene rings is 2. The molecule has 0 saturated carbocycles. The Labute approximate surface area is 113 Å². The summed E-state index contributed by atoms with van der Waals surface area (Å²) in [6.07, 6.45) is 1.12. The van der Waals surface area contributed by atoms with Gasteiger partial charge >= 0.3 is 0 Å². The highest BCUT2D eigenvalue weighted by Crippen LogP contribution is 2.32. The summed E-state index contributed by atoms with van der Waals surface area (Å²) in [6, 6.07) is 6.98. The van der Waals surface area contributed by atoms with Crippen LogP contribution in [0.5, 0.6) is 0 Å². The maximum Gasteiger partial charge on any atom is 0.0701 e. The molecule has 2 rings (SSSR count). The molecule has 0 fully saturated rings. The van der Waals surface area contributed by atoms with Crippen molar-refractivity contribution in [2.45, 2.75) is 19.4 Å². The van der Waals surface area contributed by atoms with E-state index in [9.17, 15) is 0 Å². The van der Waals surface area contributed by atoms with Crippen LogP contribution in [0.3, 0.4) is 0 Å². The van der Waals surface area contributed by atoms with Crippen LogP contribution in [-0.4, -0.2) is 7.05 Å². The highest BCUT2D eigenvalue weighted by molar-refractivity contribution is 9.11. The molecular formula is C12H14BrNS2. The van der Waals surface area contributed by atoms with Gasteiger partial charge in [-0.25, -0.2) is 0 Å². The fourth-order valence-electron chi connectivity index (χ4n) is 1.69. The zero-order valence-electron chi connectivity index (χ0n) is 9.29. The van der Waals surface area contributed by atoms with Crippen LogP contribution in [0.25, 0.3) is 0 Å². The second-order valence-electron chi connectivity index (χ2n) is 3.56. The number of rotatable bonds is 4. The van der Waals surface area contributed by atoms with Crippen LogP contribution in [0.1, 0.15) is 28.3 Å².